The second-order valence-electron chi connectivity index (χ2n) is 3.95. The highest BCUT2D eigenvalue weighted by atomic mass is 127. The lowest BCUT2D eigenvalue weighted by molar-refractivity contribution is 0.549. The topological polar surface area (TPSA) is 50.9 Å². The number of benzene rings is 1. The average Bonchev–Trinajstić information content (AvgIpc) is 2.40. The maximum absolute atomic E-state index is 6.04. The summed E-state index contributed by atoms with van der Waals surface area (Å²) in [6.07, 6.45) is 4.39. The molecule has 3 N–H and O–H groups in total. The fraction of sp³-hybridized carbons (Fsp3) is 0.154. The third-order valence-corrected chi connectivity index (χ3v) is 3.91. The Morgan fingerprint density at radius 1 is 1.39 bits per heavy atom. The highest BCUT2D eigenvalue weighted by Gasteiger charge is 2.14. The van der Waals surface area contributed by atoms with E-state index in [0.717, 1.165) is 26.1 Å². The average molecular weight is 374 g/mol. The highest BCUT2D eigenvalue weighted by molar-refractivity contribution is 14.1. The summed E-state index contributed by atoms with van der Waals surface area (Å²) in [7, 11) is 0. The fourth-order valence-corrected chi connectivity index (χ4v) is 2.69. The van der Waals surface area contributed by atoms with Crippen molar-refractivity contribution in [1.29, 1.82) is 0 Å². The molecule has 0 radical (unpaired) electrons. The molecular formula is C13H13ClIN3. The highest BCUT2D eigenvalue weighted by Crippen LogP contribution is 2.25. The van der Waals surface area contributed by atoms with E-state index in [1.807, 2.05) is 36.5 Å². The van der Waals surface area contributed by atoms with Gasteiger partial charge >= 0.3 is 0 Å². The minimum atomic E-state index is 0.0276. The number of hydrazine groups is 1. The lowest BCUT2D eigenvalue weighted by Gasteiger charge is -2.18. The number of hydrogen-bond acceptors (Lipinski definition) is 3. The molecule has 0 saturated carbocycles. The van der Waals surface area contributed by atoms with Crippen molar-refractivity contribution >= 4 is 34.2 Å². The number of hydrogen-bond donors (Lipinski definition) is 2. The Labute approximate surface area is 125 Å². The first kappa shape index (κ1) is 13.7. The molecule has 2 aromatic rings. The molecule has 18 heavy (non-hydrogen) atoms. The monoisotopic (exact) mass is 373 g/mol. The summed E-state index contributed by atoms with van der Waals surface area (Å²) in [6.45, 7) is 0. The van der Waals surface area contributed by atoms with Gasteiger partial charge in [-0.3, -0.25) is 16.3 Å². The van der Waals surface area contributed by atoms with Crippen LogP contribution in [0.5, 0.6) is 0 Å². The summed E-state index contributed by atoms with van der Waals surface area (Å²) in [6, 6.07) is 9.81. The van der Waals surface area contributed by atoms with Crippen molar-refractivity contribution in [2.45, 2.75) is 12.5 Å². The third-order valence-electron chi connectivity index (χ3n) is 2.70. The summed E-state index contributed by atoms with van der Waals surface area (Å²) in [5.74, 6) is 5.65. The van der Waals surface area contributed by atoms with Gasteiger partial charge in [0.25, 0.3) is 0 Å². The van der Waals surface area contributed by atoms with Crippen molar-refractivity contribution in [3.63, 3.8) is 0 Å². The Hall–Kier alpha value is -0.690. The zero-order valence-electron chi connectivity index (χ0n) is 9.61. The second-order valence-corrected chi connectivity index (χ2v) is 5.55. The van der Waals surface area contributed by atoms with Crippen LogP contribution >= 0.6 is 34.2 Å². The maximum Gasteiger partial charge on any atom is 0.0511 e. The number of pyridine rings is 1. The van der Waals surface area contributed by atoms with Gasteiger partial charge in [0.1, 0.15) is 0 Å². The normalized spacial score (nSPS) is 12.4. The molecule has 1 aromatic carbocycles. The van der Waals surface area contributed by atoms with Crippen LogP contribution < -0.4 is 11.3 Å². The van der Waals surface area contributed by atoms with Crippen molar-refractivity contribution < 1.29 is 0 Å². The second kappa shape index (κ2) is 6.47. The van der Waals surface area contributed by atoms with E-state index in [1.54, 1.807) is 6.20 Å². The summed E-state index contributed by atoms with van der Waals surface area (Å²) in [4.78, 5) is 4.11. The largest absolute Gasteiger partial charge is 0.271 e. The summed E-state index contributed by atoms with van der Waals surface area (Å²) < 4.78 is 1.14. The Kier molecular flexibility index (Phi) is 4.94. The predicted octanol–water partition coefficient (Wildman–Crippen LogP) is 3.09. The van der Waals surface area contributed by atoms with Gasteiger partial charge in [-0.1, -0.05) is 17.7 Å². The van der Waals surface area contributed by atoms with Gasteiger partial charge in [0, 0.05) is 21.0 Å². The number of aromatic nitrogens is 1. The first-order valence-corrected chi connectivity index (χ1v) is 6.96. The van der Waals surface area contributed by atoms with Crippen LogP contribution in [0.3, 0.4) is 0 Å². The molecule has 1 atom stereocenters. The van der Waals surface area contributed by atoms with E-state index >= 15 is 0 Å². The van der Waals surface area contributed by atoms with E-state index in [0.29, 0.717) is 0 Å². The van der Waals surface area contributed by atoms with Gasteiger partial charge in [-0.05, 0) is 64.4 Å². The SMILES string of the molecule is NNC(Cc1cccnc1)c1cc(Cl)ccc1I. The molecule has 94 valence electrons. The van der Waals surface area contributed by atoms with Crippen LogP contribution in [0.15, 0.2) is 42.7 Å². The lowest BCUT2D eigenvalue weighted by Crippen LogP contribution is -2.30. The molecule has 1 heterocycles. The molecule has 0 amide bonds. The lowest BCUT2D eigenvalue weighted by atomic mass is 10.0. The van der Waals surface area contributed by atoms with E-state index in [2.05, 4.69) is 33.0 Å². The summed E-state index contributed by atoms with van der Waals surface area (Å²) in [5.41, 5.74) is 5.09. The van der Waals surface area contributed by atoms with Gasteiger partial charge in [-0.2, -0.15) is 0 Å². The molecule has 2 rings (SSSR count). The number of nitrogens with one attached hydrogen (secondary N) is 1. The minimum absolute atomic E-state index is 0.0276. The minimum Gasteiger partial charge on any atom is -0.271 e. The first-order chi connectivity index (χ1) is 8.70. The fourth-order valence-electron chi connectivity index (χ4n) is 1.79. The standard InChI is InChI=1S/C13H13ClIN3/c14-10-3-4-12(15)11(7-10)13(18-16)6-9-2-1-5-17-8-9/h1-5,7-8,13,18H,6,16H2. The van der Waals surface area contributed by atoms with E-state index in [1.165, 1.54) is 0 Å². The van der Waals surface area contributed by atoms with E-state index in [4.69, 9.17) is 17.4 Å². The zero-order chi connectivity index (χ0) is 13.0. The van der Waals surface area contributed by atoms with E-state index in [-0.39, 0.29) is 6.04 Å². The molecule has 1 aromatic heterocycles. The van der Waals surface area contributed by atoms with Crippen LogP contribution in [-0.4, -0.2) is 4.98 Å². The third kappa shape index (κ3) is 3.41. The van der Waals surface area contributed by atoms with Gasteiger partial charge in [0.15, 0.2) is 0 Å². The van der Waals surface area contributed by atoms with Crippen molar-refractivity contribution in [3.05, 3.63) is 62.4 Å². The van der Waals surface area contributed by atoms with Gasteiger partial charge < -0.3 is 0 Å². The Morgan fingerprint density at radius 2 is 2.22 bits per heavy atom. The van der Waals surface area contributed by atoms with Crippen molar-refractivity contribution in [2.24, 2.45) is 5.84 Å². The van der Waals surface area contributed by atoms with Crippen LogP contribution in [-0.2, 0) is 6.42 Å². The van der Waals surface area contributed by atoms with Crippen LogP contribution in [0.4, 0.5) is 0 Å². The number of nitrogens with two attached hydrogens (primary N) is 1. The first-order valence-electron chi connectivity index (χ1n) is 5.50. The van der Waals surface area contributed by atoms with Crippen molar-refractivity contribution in [3.8, 4) is 0 Å². The van der Waals surface area contributed by atoms with Gasteiger partial charge in [-0.25, -0.2) is 0 Å². The number of nitrogens with zero attached hydrogens (tertiary/aromatic N) is 1. The van der Waals surface area contributed by atoms with Crippen LogP contribution in [0.25, 0.3) is 0 Å². The molecule has 0 spiro atoms. The molecule has 3 nitrogen and oxygen atoms in total. The summed E-state index contributed by atoms with van der Waals surface area (Å²) in [5, 5.41) is 0.719. The quantitative estimate of drug-likeness (QED) is 0.492. The number of halogens is 2. The molecule has 0 aliphatic rings. The predicted molar refractivity (Wildman–Crippen MR) is 82.2 cm³/mol. The molecule has 0 aliphatic heterocycles. The maximum atomic E-state index is 6.04. The smallest absolute Gasteiger partial charge is 0.0511 e. The van der Waals surface area contributed by atoms with Gasteiger partial charge in [0.2, 0.25) is 0 Å². The Morgan fingerprint density at radius 3 is 2.89 bits per heavy atom. The molecule has 0 aliphatic carbocycles. The van der Waals surface area contributed by atoms with Gasteiger partial charge in [0.05, 0.1) is 6.04 Å². The zero-order valence-corrected chi connectivity index (χ0v) is 12.5. The molecule has 0 bridgehead atoms. The molecule has 5 heteroatoms. The van der Waals surface area contributed by atoms with Crippen LogP contribution in [0.2, 0.25) is 5.02 Å². The van der Waals surface area contributed by atoms with Crippen molar-refractivity contribution in [1.82, 2.24) is 10.4 Å². The Bertz CT molecular complexity index is 519. The van der Waals surface area contributed by atoms with E-state index in [9.17, 15) is 0 Å². The molecule has 0 fully saturated rings. The van der Waals surface area contributed by atoms with Crippen molar-refractivity contribution in [2.75, 3.05) is 0 Å². The molecule has 1 unspecified atom stereocenters. The van der Waals surface area contributed by atoms with Crippen LogP contribution in [0, 0.1) is 3.57 Å². The summed E-state index contributed by atoms with van der Waals surface area (Å²) >= 11 is 8.33. The van der Waals surface area contributed by atoms with Gasteiger partial charge in [-0.15, -0.1) is 0 Å². The molecular weight excluding hydrogens is 361 g/mol. The van der Waals surface area contributed by atoms with E-state index < -0.39 is 0 Å². The van der Waals surface area contributed by atoms with Crippen LogP contribution in [0.1, 0.15) is 17.2 Å². The number of rotatable bonds is 4. The Balaban J connectivity index is 2.26. The molecule has 0 saturated heterocycles.